The van der Waals surface area contributed by atoms with Gasteiger partial charge in [0, 0.05) is 23.5 Å². The van der Waals surface area contributed by atoms with Crippen molar-refractivity contribution in [2.45, 2.75) is 63.2 Å². The van der Waals surface area contributed by atoms with E-state index < -0.39 is 0 Å². The molecule has 1 aliphatic carbocycles. The Kier molecular flexibility index (Phi) is 3.67. The number of amides is 1. The fourth-order valence-corrected chi connectivity index (χ4v) is 5.72. The lowest BCUT2D eigenvalue weighted by Crippen LogP contribution is -2.62. The van der Waals surface area contributed by atoms with Gasteiger partial charge in [-0.05, 0) is 37.7 Å². The van der Waals surface area contributed by atoms with Gasteiger partial charge >= 0.3 is 0 Å². The number of carbonyl (C=O) groups is 1. The molecule has 2 bridgehead atoms. The normalized spacial score (nSPS) is 35.5. The standard InChI is InChI=1S/C21H25N3O2/c1-21-11-15-16(10-14-6-3-2-4-7-14)24(20(25)17-12-22-13-26-17)19(21)9-5-8-18(21)23-15/h2-4,6-7,12-13,15-16,18-19,23H,5,8-11H2,1H3/t15-,16-,18-,19+,21-/m0/s1. The number of hydrogen-bond donors (Lipinski definition) is 1. The van der Waals surface area contributed by atoms with Crippen LogP contribution < -0.4 is 5.32 Å². The number of hydrogen-bond acceptors (Lipinski definition) is 4. The maximum Gasteiger partial charge on any atom is 0.291 e. The number of fused-ring (bicyclic) bond motifs is 1. The molecular formula is C21H25N3O2. The van der Waals surface area contributed by atoms with Crippen LogP contribution in [0.15, 0.2) is 47.3 Å². The van der Waals surface area contributed by atoms with Crippen molar-refractivity contribution >= 4 is 5.91 Å². The molecule has 1 aromatic heterocycles. The highest BCUT2D eigenvalue weighted by Gasteiger charge is 2.60. The lowest BCUT2D eigenvalue weighted by Gasteiger charge is -2.53. The minimum Gasteiger partial charge on any atom is -0.438 e. The summed E-state index contributed by atoms with van der Waals surface area (Å²) in [6.07, 6.45) is 8.38. The first-order valence-electron chi connectivity index (χ1n) is 9.68. The number of oxazole rings is 1. The maximum atomic E-state index is 13.4. The van der Waals surface area contributed by atoms with Crippen LogP contribution in [0.1, 0.15) is 48.7 Å². The summed E-state index contributed by atoms with van der Waals surface area (Å²) in [4.78, 5) is 19.5. The first kappa shape index (κ1) is 16.1. The van der Waals surface area contributed by atoms with E-state index in [4.69, 9.17) is 4.42 Å². The number of piperidine rings is 1. The molecule has 2 aromatic rings. The van der Waals surface area contributed by atoms with E-state index in [9.17, 15) is 4.79 Å². The molecule has 2 aliphatic heterocycles. The summed E-state index contributed by atoms with van der Waals surface area (Å²) in [5.41, 5.74) is 1.44. The molecule has 136 valence electrons. The number of aromatic nitrogens is 1. The smallest absolute Gasteiger partial charge is 0.291 e. The third-order valence-electron chi connectivity index (χ3n) is 6.93. The van der Waals surface area contributed by atoms with Gasteiger partial charge in [-0.1, -0.05) is 37.3 Å². The number of carbonyl (C=O) groups excluding carboxylic acids is 1. The van der Waals surface area contributed by atoms with Crippen LogP contribution in [0.2, 0.25) is 0 Å². The molecule has 3 aliphatic rings. The highest BCUT2D eigenvalue weighted by molar-refractivity contribution is 5.92. The molecule has 5 heteroatoms. The minimum absolute atomic E-state index is 0.00583. The SMILES string of the molecule is C[C@]12C[C@@H]3N[C@H]1CCC[C@H]2N(C(=O)c1cnco1)[C@H]3Cc1ccccc1. The van der Waals surface area contributed by atoms with E-state index in [1.807, 2.05) is 6.07 Å². The molecule has 2 saturated heterocycles. The summed E-state index contributed by atoms with van der Waals surface area (Å²) in [5, 5.41) is 3.89. The van der Waals surface area contributed by atoms with Crippen LogP contribution >= 0.6 is 0 Å². The zero-order chi connectivity index (χ0) is 17.7. The maximum absolute atomic E-state index is 13.4. The largest absolute Gasteiger partial charge is 0.438 e. The average molecular weight is 351 g/mol. The van der Waals surface area contributed by atoms with Crippen LogP contribution in [0.5, 0.6) is 0 Å². The van der Waals surface area contributed by atoms with E-state index in [0.29, 0.717) is 17.8 Å². The molecule has 5 atom stereocenters. The van der Waals surface area contributed by atoms with Gasteiger partial charge < -0.3 is 14.6 Å². The van der Waals surface area contributed by atoms with E-state index in [1.165, 1.54) is 24.8 Å². The zero-order valence-corrected chi connectivity index (χ0v) is 15.1. The topological polar surface area (TPSA) is 58.4 Å². The molecular weight excluding hydrogens is 326 g/mol. The average Bonchev–Trinajstić information content (AvgIpc) is 3.29. The molecule has 0 radical (unpaired) electrons. The Hall–Kier alpha value is -2.14. The van der Waals surface area contributed by atoms with Gasteiger partial charge in [-0.3, -0.25) is 4.79 Å². The van der Waals surface area contributed by atoms with E-state index in [-0.39, 0.29) is 23.4 Å². The molecule has 3 heterocycles. The van der Waals surface area contributed by atoms with Crippen molar-refractivity contribution in [2.24, 2.45) is 5.41 Å². The van der Waals surface area contributed by atoms with Gasteiger partial charge in [0.1, 0.15) is 0 Å². The number of nitrogens with zero attached hydrogens (tertiary/aromatic N) is 2. The van der Waals surface area contributed by atoms with E-state index in [0.717, 1.165) is 19.3 Å². The summed E-state index contributed by atoms with van der Waals surface area (Å²) >= 11 is 0. The second kappa shape index (κ2) is 5.95. The van der Waals surface area contributed by atoms with Crippen molar-refractivity contribution in [1.82, 2.24) is 15.2 Å². The molecule has 1 saturated carbocycles. The Morgan fingerprint density at radius 1 is 1.35 bits per heavy atom. The highest BCUT2D eigenvalue weighted by atomic mass is 16.3. The van der Waals surface area contributed by atoms with Gasteiger partial charge in [0.15, 0.2) is 6.39 Å². The lowest BCUT2D eigenvalue weighted by molar-refractivity contribution is -0.0129. The summed E-state index contributed by atoms with van der Waals surface area (Å²) in [7, 11) is 0. The second-order valence-electron chi connectivity index (χ2n) is 8.32. The Balaban J connectivity index is 1.55. The van der Waals surface area contributed by atoms with Crippen LogP contribution in [0, 0.1) is 5.41 Å². The Labute approximate surface area is 153 Å². The first-order valence-corrected chi connectivity index (χ1v) is 9.68. The Bertz CT molecular complexity index is 791. The van der Waals surface area contributed by atoms with E-state index in [1.54, 1.807) is 6.20 Å². The second-order valence-corrected chi connectivity index (χ2v) is 8.32. The zero-order valence-electron chi connectivity index (χ0n) is 15.1. The molecule has 0 unspecified atom stereocenters. The van der Waals surface area contributed by atoms with E-state index >= 15 is 0 Å². The predicted octanol–water partition coefficient (Wildman–Crippen LogP) is 3.03. The van der Waals surface area contributed by atoms with Crippen LogP contribution in [0.25, 0.3) is 0 Å². The molecule has 5 rings (SSSR count). The fourth-order valence-electron chi connectivity index (χ4n) is 5.72. The Morgan fingerprint density at radius 3 is 2.96 bits per heavy atom. The third-order valence-corrected chi connectivity index (χ3v) is 6.93. The molecule has 1 N–H and O–H groups in total. The van der Waals surface area contributed by atoms with Crippen molar-refractivity contribution in [3.63, 3.8) is 0 Å². The first-order chi connectivity index (χ1) is 12.7. The van der Waals surface area contributed by atoms with Gasteiger partial charge in [0.25, 0.3) is 5.91 Å². The van der Waals surface area contributed by atoms with Crippen molar-refractivity contribution in [3.8, 4) is 0 Å². The third kappa shape index (κ3) is 2.33. The highest BCUT2D eigenvalue weighted by Crippen LogP contribution is 2.52. The van der Waals surface area contributed by atoms with Crippen LogP contribution in [0.3, 0.4) is 0 Å². The van der Waals surface area contributed by atoms with Crippen LogP contribution in [0.4, 0.5) is 0 Å². The monoisotopic (exact) mass is 351 g/mol. The van der Waals surface area contributed by atoms with Crippen LogP contribution in [-0.4, -0.2) is 40.0 Å². The molecule has 3 fully saturated rings. The molecule has 1 amide bonds. The van der Waals surface area contributed by atoms with Crippen molar-refractivity contribution in [3.05, 3.63) is 54.2 Å². The number of likely N-dealkylation sites (tertiary alicyclic amines) is 1. The van der Waals surface area contributed by atoms with Gasteiger partial charge in [0.2, 0.25) is 5.76 Å². The molecule has 26 heavy (non-hydrogen) atoms. The quantitative estimate of drug-likeness (QED) is 0.923. The summed E-state index contributed by atoms with van der Waals surface area (Å²) in [6, 6.07) is 11.8. The molecule has 5 nitrogen and oxygen atoms in total. The number of rotatable bonds is 3. The summed E-state index contributed by atoms with van der Waals surface area (Å²) in [6.45, 7) is 2.37. The summed E-state index contributed by atoms with van der Waals surface area (Å²) < 4.78 is 5.39. The van der Waals surface area contributed by atoms with Gasteiger partial charge in [-0.15, -0.1) is 0 Å². The van der Waals surface area contributed by atoms with Crippen molar-refractivity contribution in [2.75, 3.05) is 0 Å². The Morgan fingerprint density at radius 2 is 2.19 bits per heavy atom. The van der Waals surface area contributed by atoms with Gasteiger partial charge in [-0.2, -0.15) is 0 Å². The van der Waals surface area contributed by atoms with E-state index in [2.05, 4.69) is 46.4 Å². The van der Waals surface area contributed by atoms with Crippen molar-refractivity contribution < 1.29 is 9.21 Å². The molecule has 0 spiro atoms. The summed E-state index contributed by atoms with van der Waals surface area (Å²) in [5.74, 6) is 0.351. The van der Waals surface area contributed by atoms with Gasteiger partial charge in [-0.25, -0.2) is 4.98 Å². The number of nitrogens with one attached hydrogen (secondary N) is 1. The minimum atomic E-state index is -0.00583. The molecule has 1 aromatic carbocycles. The fraction of sp³-hybridized carbons (Fsp3) is 0.524. The number of benzene rings is 1. The van der Waals surface area contributed by atoms with Crippen molar-refractivity contribution in [1.29, 1.82) is 0 Å². The van der Waals surface area contributed by atoms with Crippen LogP contribution in [-0.2, 0) is 6.42 Å². The predicted molar refractivity (Wildman–Crippen MR) is 97.7 cm³/mol. The van der Waals surface area contributed by atoms with Gasteiger partial charge in [0.05, 0.1) is 12.2 Å². The lowest BCUT2D eigenvalue weighted by atomic mass is 9.64.